The lowest BCUT2D eigenvalue weighted by Gasteiger charge is -2.09. The Bertz CT molecular complexity index is 719. The van der Waals surface area contributed by atoms with Crippen molar-refractivity contribution >= 4 is 29.2 Å². The zero-order chi connectivity index (χ0) is 15.0. The molecule has 1 heterocycles. The van der Waals surface area contributed by atoms with Gasteiger partial charge in [-0.05, 0) is 43.2 Å². The minimum Gasteiger partial charge on any atom is -0.478 e. The van der Waals surface area contributed by atoms with Gasteiger partial charge in [0.1, 0.15) is 5.69 Å². The van der Waals surface area contributed by atoms with Crippen LogP contribution in [0.15, 0.2) is 36.5 Å². The maximum absolute atomic E-state index is 12.3. The normalized spacial score (nSPS) is 14.0. The van der Waals surface area contributed by atoms with Gasteiger partial charge in [-0.2, -0.15) is 0 Å². The van der Waals surface area contributed by atoms with Crippen LogP contribution < -0.4 is 5.32 Å². The second kappa shape index (κ2) is 5.26. The molecule has 6 heteroatoms. The van der Waals surface area contributed by atoms with E-state index in [1.807, 2.05) is 16.8 Å². The molecular formula is C15H13ClN2O3. The Kier molecular flexibility index (Phi) is 3.43. The van der Waals surface area contributed by atoms with E-state index in [1.54, 1.807) is 6.07 Å². The molecule has 1 aliphatic rings. The Hall–Kier alpha value is -2.27. The van der Waals surface area contributed by atoms with Crippen molar-refractivity contribution in [1.29, 1.82) is 0 Å². The Labute approximate surface area is 126 Å². The second-order valence-electron chi connectivity index (χ2n) is 5.02. The number of hydrogen-bond acceptors (Lipinski definition) is 2. The molecule has 0 unspecified atom stereocenters. The van der Waals surface area contributed by atoms with Gasteiger partial charge in [0.05, 0.1) is 5.56 Å². The second-order valence-corrected chi connectivity index (χ2v) is 5.46. The summed E-state index contributed by atoms with van der Waals surface area (Å²) in [5, 5.41) is 12.0. The molecule has 3 rings (SSSR count). The third kappa shape index (κ3) is 2.92. The predicted molar refractivity (Wildman–Crippen MR) is 79.1 cm³/mol. The van der Waals surface area contributed by atoms with Crippen LogP contribution >= 0.6 is 11.6 Å². The van der Waals surface area contributed by atoms with E-state index < -0.39 is 5.97 Å². The van der Waals surface area contributed by atoms with Gasteiger partial charge in [-0.25, -0.2) is 4.79 Å². The standard InChI is InChI=1S/C15H13ClN2O3/c16-10-6-9(15(20)21)7-11(8-10)17-14(19)13-2-1-5-18(13)12-3-4-12/h1-2,5-8,12H,3-4H2,(H,17,19)(H,20,21). The quantitative estimate of drug-likeness (QED) is 0.909. The van der Waals surface area contributed by atoms with Gasteiger partial charge in [-0.1, -0.05) is 11.6 Å². The summed E-state index contributed by atoms with van der Waals surface area (Å²) in [6.07, 6.45) is 4.04. The van der Waals surface area contributed by atoms with E-state index in [0.29, 0.717) is 17.4 Å². The molecule has 2 N–H and O–H groups in total. The number of benzene rings is 1. The molecule has 108 valence electrons. The van der Waals surface area contributed by atoms with Crippen LogP contribution in [0.3, 0.4) is 0 Å². The Morgan fingerprint density at radius 2 is 2.05 bits per heavy atom. The van der Waals surface area contributed by atoms with Crippen molar-refractivity contribution in [2.75, 3.05) is 5.32 Å². The molecule has 2 aromatic rings. The third-order valence-corrected chi connectivity index (χ3v) is 3.57. The van der Waals surface area contributed by atoms with E-state index in [2.05, 4.69) is 5.32 Å². The maximum Gasteiger partial charge on any atom is 0.335 e. The maximum atomic E-state index is 12.3. The van der Waals surface area contributed by atoms with Gasteiger partial charge in [-0.15, -0.1) is 0 Å². The number of rotatable bonds is 4. The van der Waals surface area contributed by atoms with E-state index in [0.717, 1.165) is 12.8 Å². The van der Waals surface area contributed by atoms with E-state index in [9.17, 15) is 9.59 Å². The number of carbonyl (C=O) groups is 2. The summed E-state index contributed by atoms with van der Waals surface area (Å²) in [5.74, 6) is -1.36. The van der Waals surface area contributed by atoms with Crippen LogP contribution in [0.1, 0.15) is 39.7 Å². The van der Waals surface area contributed by atoms with E-state index >= 15 is 0 Å². The van der Waals surface area contributed by atoms with Crippen LogP contribution in [-0.2, 0) is 0 Å². The number of aromatic nitrogens is 1. The van der Waals surface area contributed by atoms with Crippen LogP contribution in [-0.4, -0.2) is 21.6 Å². The fourth-order valence-corrected chi connectivity index (χ4v) is 2.47. The Morgan fingerprint density at radius 1 is 1.29 bits per heavy atom. The smallest absolute Gasteiger partial charge is 0.335 e. The molecule has 1 fully saturated rings. The van der Waals surface area contributed by atoms with Crippen molar-refractivity contribution in [2.24, 2.45) is 0 Å². The minimum atomic E-state index is -1.09. The summed E-state index contributed by atoms with van der Waals surface area (Å²) >= 11 is 5.87. The van der Waals surface area contributed by atoms with Crippen molar-refractivity contribution in [3.05, 3.63) is 52.8 Å². The number of halogens is 1. The number of anilines is 1. The molecule has 5 nitrogen and oxygen atoms in total. The first-order valence-electron chi connectivity index (χ1n) is 6.56. The van der Waals surface area contributed by atoms with Gasteiger partial charge in [0.25, 0.3) is 5.91 Å². The lowest BCUT2D eigenvalue weighted by atomic mass is 10.2. The van der Waals surface area contributed by atoms with Gasteiger partial charge < -0.3 is 15.0 Å². The van der Waals surface area contributed by atoms with Crippen LogP contribution in [0.4, 0.5) is 5.69 Å². The summed E-state index contributed by atoms with van der Waals surface area (Å²) in [7, 11) is 0. The predicted octanol–water partition coefficient (Wildman–Crippen LogP) is 3.43. The Balaban J connectivity index is 1.84. The molecule has 0 radical (unpaired) electrons. The van der Waals surface area contributed by atoms with Gasteiger partial charge in [-0.3, -0.25) is 4.79 Å². The molecule has 0 saturated heterocycles. The molecule has 0 spiro atoms. The number of carboxylic acid groups (broad SMARTS) is 1. The SMILES string of the molecule is O=C(O)c1cc(Cl)cc(NC(=O)c2cccn2C2CC2)c1. The van der Waals surface area contributed by atoms with Crippen molar-refractivity contribution in [3.8, 4) is 0 Å². The third-order valence-electron chi connectivity index (χ3n) is 3.35. The number of aromatic carboxylic acids is 1. The number of carboxylic acids is 1. The summed E-state index contributed by atoms with van der Waals surface area (Å²) < 4.78 is 1.94. The highest BCUT2D eigenvalue weighted by Gasteiger charge is 2.26. The molecule has 1 saturated carbocycles. The van der Waals surface area contributed by atoms with Crippen LogP contribution in [0.25, 0.3) is 0 Å². The number of nitrogens with zero attached hydrogens (tertiary/aromatic N) is 1. The zero-order valence-electron chi connectivity index (χ0n) is 11.0. The molecule has 1 aliphatic carbocycles. The molecule has 1 aromatic heterocycles. The lowest BCUT2D eigenvalue weighted by Crippen LogP contribution is -2.16. The molecule has 0 bridgehead atoms. The molecule has 1 aromatic carbocycles. The number of carbonyl (C=O) groups excluding carboxylic acids is 1. The highest BCUT2D eigenvalue weighted by Crippen LogP contribution is 2.36. The van der Waals surface area contributed by atoms with Crippen molar-refractivity contribution in [3.63, 3.8) is 0 Å². The van der Waals surface area contributed by atoms with Gasteiger partial charge >= 0.3 is 5.97 Å². The number of nitrogens with one attached hydrogen (secondary N) is 1. The lowest BCUT2D eigenvalue weighted by molar-refractivity contribution is 0.0696. The first kappa shape index (κ1) is 13.7. The van der Waals surface area contributed by atoms with Crippen LogP contribution in [0, 0.1) is 0 Å². The fourth-order valence-electron chi connectivity index (χ4n) is 2.24. The van der Waals surface area contributed by atoms with Crippen molar-refractivity contribution in [1.82, 2.24) is 4.57 Å². The topological polar surface area (TPSA) is 71.3 Å². The molecule has 21 heavy (non-hydrogen) atoms. The van der Waals surface area contributed by atoms with E-state index in [1.165, 1.54) is 18.2 Å². The average Bonchev–Trinajstić information content (AvgIpc) is 3.15. The first-order chi connectivity index (χ1) is 10.0. The summed E-state index contributed by atoms with van der Waals surface area (Å²) in [6, 6.07) is 8.22. The largest absolute Gasteiger partial charge is 0.478 e. The first-order valence-corrected chi connectivity index (χ1v) is 6.94. The van der Waals surface area contributed by atoms with E-state index in [4.69, 9.17) is 16.7 Å². The number of hydrogen-bond donors (Lipinski definition) is 2. The Morgan fingerprint density at radius 3 is 2.71 bits per heavy atom. The zero-order valence-corrected chi connectivity index (χ0v) is 11.8. The van der Waals surface area contributed by atoms with Crippen LogP contribution in [0.2, 0.25) is 5.02 Å². The van der Waals surface area contributed by atoms with Crippen molar-refractivity contribution in [2.45, 2.75) is 18.9 Å². The monoisotopic (exact) mass is 304 g/mol. The molecular weight excluding hydrogens is 292 g/mol. The number of amides is 1. The highest BCUT2D eigenvalue weighted by molar-refractivity contribution is 6.31. The van der Waals surface area contributed by atoms with Gasteiger partial charge in [0, 0.05) is 22.9 Å². The van der Waals surface area contributed by atoms with Gasteiger partial charge in [0.15, 0.2) is 0 Å². The average molecular weight is 305 g/mol. The fraction of sp³-hybridized carbons (Fsp3) is 0.200. The molecule has 0 aliphatic heterocycles. The summed E-state index contributed by atoms with van der Waals surface area (Å²) in [6.45, 7) is 0. The highest BCUT2D eigenvalue weighted by atomic mass is 35.5. The van der Waals surface area contributed by atoms with E-state index in [-0.39, 0.29) is 16.5 Å². The van der Waals surface area contributed by atoms with Gasteiger partial charge in [0.2, 0.25) is 0 Å². The van der Waals surface area contributed by atoms with Crippen LogP contribution in [0.5, 0.6) is 0 Å². The minimum absolute atomic E-state index is 0.0374. The van der Waals surface area contributed by atoms with Crippen molar-refractivity contribution < 1.29 is 14.7 Å². The summed E-state index contributed by atoms with van der Waals surface area (Å²) in [4.78, 5) is 23.3. The molecule has 0 atom stereocenters. The summed E-state index contributed by atoms with van der Waals surface area (Å²) in [5.41, 5.74) is 0.971. The molecule has 1 amide bonds.